The second-order valence-electron chi connectivity index (χ2n) is 5.62. The lowest BCUT2D eigenvalue weighted by atomic mass is 10.1. The van der Waals surface area contributed by atoms with Gasteiger partial charge in [-0.25, -0.2) is 8.42 Å². The number of hydrogen-bond donors (Lipinski definition) is 1. The van der Waals surface area contributed by atoms with E-state index in [-0.39, 0.29) is 19.0 Å². The van der Waals surface area contributed by atoms with Crippen LogP contribution < -0.4 is 5.32 Å². The lowest BCUT2D eigenvalue weighted by molar-refractivity contribution is -0.139. The average molecular weight is 408 g/mol. The van der Waals surface area contributed by atoms with Crippen molar-refractivity contribution < 1.29 is 21.6 Å². The molecule has 142 valence electrons. The van der Waals surface area contributed by atoms with Crippen molar-refractivity contribution in [2.75, 3.05) is 19.6 Å². The fourth-order valence-electron chi connectivity index (χ4n) is 2.88. The summed E-state index contributed by atoms with van der Waals surface area (Å²) in [4.78, 5) is 3.25. The quantitative estimate of drug-likeness (QED) is 0.849. The molecule has 0 bridgehead atoms. The monoisotopic (exact) mass is 407 g/mol. The maximum absolute atomic E-state index is 13.3. The number of aromatic nitrogens is 1. The van der Waals surface area contributed by atoms with Gasteiger partial charge in [-0.3, -0.25) is 4.98 Å². The summed E-state index contributed by atoms with van der Waals surface area (Å²) in [5.41, 5.74) is -0.527. The van der Waals surface area contributed by atoms with Crippen LogP contribution in [0, 0.1) is 0 Å². The molecule has 26 heavy (non-hydrogen) atoms. The van der Waals surface area contributed by atoms with Gasteiger partial charge in [-0.05, 0) is 23.8 Å². The first-order valence-corrected chi connectivity index (χ1v) is 9.04. The van der Waals surface area contributed by atoms with E-state index in [0.717, 1.165) is 16.4 Å². The molecule has 0 aliphatic carbocycles. The minimum atomic E-state index is -4.75. The maximum atomic E-state index is 13.3. The van der Waals surface area contributed by atoms with E-state index in [4.69, 9.17) is 0 Å². The Kier molecular flexibility index (Phi) is 6.28. The van der Waals surface area contributed by atoms with Gasteiger partial charge in [0, 0.05) is 32.0 Å². The zero-order valence-electron chi connectivity index (χ0n) is 13.5. The van der Waals surface area contributed by atoms with Gasteiger partial charge in [0.2, 0.25) is 10.0 Å². The number of nitrogens with zero attached hydrogens (tertiary/aromatic N) is 2. The zero-order valence-corrected chi connectivity index (χ0v) is 15.1. The molecule has 1 aromatic carbocycles. The van der Waals surface area contributed by atoms with Crippen molar-refractivity contribution in [3.8, 4) is 0 Å². The highest BCUT2D eigenvalue weighted by atomic mass is 35.5. The Morgan fingerprint density at radius 3 is 2.54 bits per heavy atom. The van der Waals surface area contributed by atoms with E-state index in [9.17, 15) is 21.6 Å². The van der Waals surface area contributed by atoms with Crippen LogP contribution in [0.3, 0.4) is 0 Å². The van der Waals surface area contributed by atoms with E-state index in [1.165, 1.54) is 18.3 Å². The van der Waals surface area contributed by atoms with E-state index in [2.05, 4.69) is 10.3 Å². The molecule has 1 saturated heterocycles. The van der Waals surface area contributed by atoms with Crippen LogP contribution in [-0.2, 0) is 16.2 Å². The Morgan fingerprint density at radius 2 is 1.88 bits per heavy atom. The van der Waals surface area contributed by atoms with Crippen LogP contribution >= 0.6 is 12.4 Å². The molecule has 2 heterocycles. The Morgan fingerprint density at radius 1 is 1.15 bits per heavy atom. The number of hydrogen-bond acceptors (Lipinski definition) is 4. The van der Waals surface area contributed by atoms with Crippen molar-refractivity contribution in [2.45, 2.75) is 17.1 Å². The number of nitrogens with one attached hydrogen (secondary N) is 1. The number of rotatable bonds is 3. The highest BCUT2D eigenvalue weighted by molar-refractivity contribution is 7.89. The van der Waals surface area contributed by atoms with E-state index in [1.807, 2.05) is 0 Å². The maximum Gasteiger partial charge on any atom is 0.417 e. The van der Waals surface area contributed by atoms with Crippen molar-refractivity contribution in [2.24, 2.45) is 0 Å². The lowest BCUT2D eigenvalue weighted by Crippen LogP contribution is -2.48. The van der Waals surface area contributed by atoms with E-state index in [1.54, 1.807) is 18.3 Å². The molecule has 5 nitrogen and oxygen atoms in total. The summed E-state index contributed by atoms with van der Waals surface area (Å²) in [6, 6.07) is 7.02. The summed E-state index contributed by atoms with van der Waals surface area (Å²) in [5, 5.41) is 3.08. The largest absolute Gasteiger partial charge is 0.417 e. The molecule has 1 aliphatic rings. The summed E-state index contributed by atoms with van der Waals surface area (Å²) in [6.07, 6.45) is -1.67. The number of alkyl halides is 3. The third-order valence-corrected chi connectivity index (χ3v) is 6.01. The first kappa shape index (κ1) is 20.6. The first-order valence-electron chi connectivity index (χ1n) is 7.60. The molecule has 1 aliphatic heterocycles. The predicted octanol–water partition coefficient (Wildman–Crippen LogP) is 2.86. The van der Waals surface area contributed by atoms with Gasteiger partial charge in [0.05, 0.1) is 16.5 Å². The van der Waals surface area contributed by atoms with Crippen LogP contribution in [0.1, 0.15) is 17.2 Å². The molecule has 0 radical (unpaired) electrons. The van der Waals surface area contributed by atoms with Gasteiger partial charge < -0.3 is 5.32 Å². The van der Waals surface area contributed by atoms with Gasteiger partial charge in [0.15, 0.2) is 0 Å². The normalized spacial score (nSPS) is 19.0. The Hall–Kier alpha value is -1.68. The average Bonchev–Trinajstić information content (AvgIpc) is 2.62. The SMILES string of the molecule is Cl.O=S(=O)(c1ccccc1C(F)(F)F)N1CCNCC1c1cccnc1. The highest BCUT2D eigenvalue weighted by Crippen LogP contribution is 2.37. The van der Waals surface area contributed by atoms with Gasteiger partial charge in [0.1, 0.15) is 0 Å². The second kappa shape index (κ2) is 7.91. The van der Waals surface area contributed by atoms with Gasteiger partial charge in [-0.2, -0.15) is 17.5 Å². The number of benzene rings is 1. The van der Waals surface area contributed by atoms with Crippen molar-refractivity contribution >= 4 is 22.4 Å². The van der Waals surface area contributed by atoms with Crippen LogP contribution in [0.4, 0.5) is 13.2 Å². The fourth-order valence-corrected chi connectivity index (χ4v) is 4.71. The third-order valence-electron chi connectivity index (χ3n) is 4.04. The van der Waals surface area contributed by atoms with Crippen molar-refractivity contribution in [3.63, 3.8) is 0 Å². The zero-order chi connectivity index (χ0) is 18.1. The predicted molar refractivity (Wildman–Crippen MR) is 92.4 cm³/mol. The van der Waals surface area contributed by atoms with E-state index in [0.29, 0.717) is 18.7 Å². The van der Waals surface area contributed by atoms with Crippen LogP contribution in [0.25, 0.3) is 0 Å². The summed E-state index contributed by atoms with van der Waals surface area (Å²) in [6.45, 7) is 0.747. The first-order chi connectivity index (χ1) is 11.8. The van der Waals surface area contributed by atoms with Crippen LogP contribution in [-0.4, -0.2) is 37.3 Å². The van der Waals surface area contributed by atoms with Gasteiger partial charge in [-0.15, -0.1) is 12.4 Å². The molecule has 0 spiro atoms. The Labute approximate surface area is 155 Å². The lowest BCUT2D eigenvalue weighted by Gasteiger charge is -2.35. The standard InChI is InChI=1S/C16H16F3N3O2S.ClH/c17-16(18,19)13-5-1-2-6-15(13)25(23,24)22-9-8-21-11-14(22)12-4-3-7-20-10-12;/h1-7,10,14,21H,8-9,11H2;1H. The molecular weight excluding hydrogens is 391 g/mol. The Bertz CT molecular complexity index is 847. The summed E-state index contributed by atoms with van der Waals surface area (Å²) < 4.78 is 66.9. The molecule has 1 fully saturated rings. The molecule has 0 saturated carbocycles. The molecule has 1 unspecified atom stereocenters. The number of piperazine rings is 1. The van der Waals surface area contributed by atoms with Gasteiger partial charge >= 0.3 is 6.18 Å². The van der Waals surface area contributed by atoms with Crippen LogP contribution in [0.15, 0.2) is 53.7 Å². The summed E-state index contributed by atoms with van der Waals surface area (Å²) >= 11 is 0. The van der Waals surface area contributed by atoms with Gasteiger partial charge in [0.25, 0.3) is 0 Å². The van der Waals surface area contributed by atoms with E-state index < -0.39 is 32.7 Å². The molecule has 10 heteroatoms. The van der Waals surface area contributed by atoms with E-state index >= 15 is 0 Å². The topological polar surface area (TPSA) is 62.3 Å². The molecule has 2 aromatic rings. The third kappa shape index (κ3) is 4.01. The van der Waals surface area contributed by atoms with Crippen molar-refractivity contribution in [1.29, 1.82) is 0 Å². The highest BCUT2D eigenvalue weighted by Gasteiger charge is 2.41. The van der Waals surface area contributed by atoms with Crippen molar-refractivity contribution in [1.82, 2.24) is 14.6 Å². The second-order valence-corrected chi connectivity index (χ2v) is 7.47. The summed E-state index contributed by atoms with van der Waals surface area (Å²) in [5.74, 6) is 0. The molecule has 3 rings (SSSR count). The number of pyridine rings is 1. The summed E-state index contributed by atoms with van der Waals surface area (Å²) in [7, 11) is -4.33. The molecule has 1 N–H and O–H groups in total. The van der Waals surface area contributed by atoms with Crippen molar-refractivity contribution in [3.05, 3.63) is 59.9 Å². The molecular formula is C16H17ClF3N3O2S. The Balaban J connectivity index is 0.00000243. The number of halogens is 4. The molecule has 1 atom stereocenters. The number of sulfonamides is 1. The minimum Gasteiger partial charge on any atom is -0.313 e. The van der Waals surface area contributed by atoms with Crippen LogP contribution in [0.2, 0.25) is 0 Å². The van der Waals surface area contributed by atoms with Gasteiger partial charge in [-0.1, -0.05) is 18.2 Å². The molecule has 0 amide bonds. The minimum absolute atomic E-state index is 0. The smallest absolute Gasteiger partial charge is 0.313 e. The van der Waals surface area contributed by atoms with Crippen LogP contribution in [0.5, 0.6) is 0 Å². The molecule has 1 aromatic heterocycles. The fraction of sp³-hybridized carbons (Fsp3) is 0.312.